The second-order valence-corrected chi connectivity index (χ2v) is 5.31. The maximum atomic E-state index is 11.6. The van der Waals surface area contributed by atoms with E-state index < -0.39 is 0 Å². The van der Waals surface area contributed by atoms with Crippen LogP contribution in [0.3, 0.4) is 0 Å². The standard InChI is InChI=1S/C13H17BrO2/c1-13(2,3)10-6-5-9(8-14)11(7-10)12(15)16-4/h5-7H,8H2,1-4H3. The van der Waals surface area contributed by atoms with Crippen molar-refractivity contribution in [3.05, 3.63) is 34.9 Å². The highest BCUT2D eigenvalue weighted by Gasteiger charge is 2.18. The fourth-order valence-electron chi connectivity index (χ4n) is 1.46. The van der Waals surface area contributed by atoms with Crippen LogP contribution in [0.25, 0.3) is 0 Å². The number of carbonyl (C=O) groups excluding carboxylic acids is 1. The van der Waals surface area contributed by atoms with Crippen molar-refractivity contribution in [2.24, 2.45) is 0 Å². The summed E-state index contributed by atoms with van der Waals surface area (Å²) in [5.74, 6) is -0.277. The number of hydrogen-bond donors (Lipinski definition) is 0. The third-order valence-corrected chi connectivity index (χ3v) is 3.13. The summed E-state index contributed by atoms with van der Waals surface area (Å²) in [4.78, 5) is 11.6. The highest BCUT2D eigenvalue weighted by Crippen LogP contribution is 2.25. The fourth-order valence-corrected chi connectivity index (χ4v) is 1.95. The van der Waals surface area contributed by atoms with Crippen LogP contribution < -0.4 is 0 Å². The molecule has 0 aliphatic heterocycles. The highest BCUT2D eigenvalue weighted by molar-refractivity contribution is 9.08. The monoisotopic (exact) mass is 284 g/mol. The molecule has 2 nitrogen and oxygen atoms in total. The van der Waals surface area contributed by atoms with Gasteiger partial charge in [-0.15, -0.1) is 0 Å². The maximum absolute atomic E-state index is 11.6. The molecule has 3 heteroatoms. The van der Waals surface area contributed by atoms with Crippen LogP contribution in [0, 0.1) is 0 Å². The molecule has 0 N–H and O–H groups in total. The molecule has 0 aliphatic rings. The lowest BCUT2D eigenvalue weighted by atomic mass is 9.85. The van der Waals surface area contributed by atoms with Gasteiger partial charge in [0.05, 0.1) is 12.7 Å². The molecule has 0 saturated carbocycles. The minimum absolute atomic E-state index is 0.0353. The number of carbonyl (C=O) groups is 1. The van der Waals surface area contributed by atoms with Gasteiger partial charge in [0.2, 0.25) is 0 Å². The van der Waals surface area contributed by atoms with Crippen molar-refractivity contribution >= 4 is 21.9 Å². The van der Waals surface area contributed by atoms with Crippen LogP contribution in [-0.4, -0.2) is 13.1 Å². The van der Waals surface area contributed by atoms with Crippen molar-refractivity contribution < 1.29 is 9.53 Å². The number of alkyl halides is 1. The van der Waals surface area contributed by atoms with Crippen LogP contribution in [-0.2, 0) is 15.5 Å². The summed E-state index contributed by atoms with van der Waals surface area (Å²) in [6.45, 7) is 6.37. The Hall–Kier alpha value is -0.830. The molecule has 0 aromatic heterocycles. The van der Waals surface area contributed by atoms with Crippen molar-refractivity contribution in [1.82, 2.24) is 0 Å². The Balaban J connectivity index is 3.27. The summed E-state index contributed by atoms with van der Waals surface area (Å²) < 4.78 is 4.79. The SMILES string of the molecule is COC(=O)c1cc(C(C)(C)C)ccc1CBr. The lowest BCUT2D eigenvalue weighted by molar-refractivity contribution is 0.0599. The molecule has 0 atom stereocenters. The molecule has 0 unspecified atom stereocenters. The van der Waals surface area contributed by atoms with Crippen molar-refractivity contribution in [1.29, 1.82) is 0 Å². The van der Waals surface area contributed by atoms with E-state index in [0.717, 1.165) is 11.1 Å². The van der Waals surface area contributed by atoms with E-state index in [1.807, 2.05) is 12.1 Å². The van der Waals surface area contributed by atoms with Gasteiger partial charge in [0.25, 0.3) is 0 Å². The van der Waals surface area contributed by atoms with Gasteiger partial charge in [-0.2, -0.15) is 0 Å². The van der Waals surface area contributed by atoms with Crippen LogP contribution in [0.4, 0.5) is 0 Å². The first kappa shape index (κ1) is 13.2. The smallest absolute Gasteiger partial charge is 0.338 e. The number of ether oxygens (including phenoxy) is 1. The second kappa shape index (κ2) is 5.00. The molecule has 1 aromatic rings. The number of hydrogen-bond acceptors (Lipinski definition) is 2. The average Bonchev–Trinajstić information content (AvgIpc) is 2.25. The molecular formula is C13H17BrO2. The van der Waals surface area contributed by atoms with E-state index in [-0.39, 0.29) is 11.4 Å². The van der Waals surface area contributed by atoms with E-state index in [4.69, 9.17) is 4.74 Å². The first-order valence-corrected chi connectivity index (χ1v) is 6.30. The van der Waals surface area contributed by atoms with Crippen molar-refractivity contribution in [3.63, 3.8) is 0 Å². The van der Waals surface area contributed by atoms with Gasteiger partial charge in [0.1, 0.15) is 0 Å². The quantitative estimate of drug-likeness (QED) is 0.612. The third-order valence-electron chi connectivity index (χ3n) is 2.53. The zero-order valence-corrected chi connectivity index (χ0v) is 11.7. The molecule has 1 aromatic carbocycles. The van der Waals surface area contributed by atoms with Gasteiger partial charge in [0, 0.05) is 5.33 Å². The Morgan fingerprint density at radius 2 is 2.00 bits per heavy atom. The van der Waals surface area contributed by atoms with E-state index in [0.29, 0.717) is 10.9 Å². The van der Waals surface area contributed by atoms with E-state index in [1.54, 1.807) is 0 Å². The fraction of sp³-hybridized carbons (Fsp3) is 0.462. The van der Waals surface area contributed by atoms with Crippen molar-refractivity contribution in [2.45, 2.75) is 31.5 Å². The molecular weight excluding hydrogens is 268 g/mol. The summed E-state index contributed by atoms with van der Waals surface area (Å²) >= 11 is 3.37. The molecule has 16 heavy (non-hydrogen) atoms. The lowest BCUT2D eigenvalue weighted by Gasteiger charge is -2.20. The summed E-state index contributed by atoms with van der Waals surface area (Å²) in [5, 5.41) is 0.655. The molecule has 88 valence electrons. The van der Waals surface area contributed by atoms with Crippen LogP contribution in [0.1, 0.15) is 42.3 Å². The first-order chi connectivity index (χ1) is 7.40. The second-order valence-electron chi connectivity index (χ2n) is 4.75. The van der Waals surface area contributed by atoms with Crippen LogP contribution in [0.15, 0.2) is 18.2 Å². The zero-order chi connectivity index (χ0) is 12.3. The number of rotatable bonds is 2. The van der Waals surface area contributed by atoms with Crippen molar-refractivity contribution in [3.8, 4) is 0 Å². The maximum Gasteiger partial charge on any atom is 0.338 e. The predicted molar refractivity (Wildman–Crippen MR) is 69.1 cm³/mol. The van der Waals surface area contributed by atoms with Crippen molar-refractivity contribution in [2.75, 3.05) is 7.11 Å². The van der Waals surface area contributed by atoms with Gasteiger partial charge in [-0.3, -0.25) is 0 Å². The molecule has 0 aliphatic carbocycles. The van der Waals surface area contributed by atoms with Gasteiger partial charge in [-0.05, 0) is 22.6 Å². The Bertz CT molecular complexity index is 391. The number of methoxy groups -OCH3 is 1. The van der Waals surface area contributed by atoms with E-state index in [9.17, 15) is 4.79 Å². The van der Waals surface area contributed by atoms with E-state index >= 15 is 0 Å². The Morgan fingerprint density at radius 1 is 1.38 bits per heavy atom. The van der Waals surface area contributed by atoms with E-state index in [2.05, 4.69) is 42.8 Å². The minimum Gasteiger partial charge on any atom is -0.465 e. The van der Waals surface area contributed by atoms with Crippen LogP contribution in [0.5, 0.6) is 0 Å². The predicted octanol–water partition coefficient (Wildman–Crippen LogP) is 3.67. The van der Waals surface area contributed by atoms with E-state index in [1.165, 1.54) is 7.11 Å². The normalized spacial score (nSPS) is 11.3. The molecule has 0 heterocycles. The number of esters is 1. The van der Waals surface area contributed by atoms with Crippen LogP contribution in [0.2, 0.25) is 0 Å². The molecule has 0 saturated heterocycles. The van der Waals surface area contributed by atoms with Gasteiger partial charge in [0.15, 0.2) is 0 Å². The summed E-state index contributed by atoms with van der Waals surface area (Å²) in [5.41, 5.74) is 2.78. The van der Waals surface area contributed by atoms with Crippen LogP contribution >= 0.6 is 15.9 Å². The average molecular weight is 285 g/mol. The van der Waals surface area contributed by atoms with Gasteiger partial charge in [-0.1, -0.05) is 48.8 Å². The molecule has 0 bridgehead atoms. The lowest BCUT2D eigenvalue weighted by Crippen LogP contribution is -2.14. The zero-order valence-electron chi connectivity index (χ0n) is 10.1. The summed E-state index contributed by atoms with van der Waals surface area (Å²) in [6.07, 6.45) is 0. The molecule has 0 amide bonds. The number of halogens is 1. The molecule has 0 radical (unpaired) electrons. The Kier molecular flexibility index (Phi) is 4.14. The topological polar surface area (TPSA) is 26.3 Å². The number of benzene rings is 1. The largest absolute Gasteiger partial charge is 0.465 e. The summed E-state index contributed by atoms with van der Waals surface area (Å²) in [6, 6.07) is 5.95. The van der Waals surface area contributed by atoms with Gasteiger partial charge < -0.3 is 4.74 Å². The Morgan fingerprint density at radius 3 is 2.44 bits per heavy atom. The molecule has 0 spiro atoms. The molecule has 0 fully saturated rings. The third kappa shape index (κ3) is 2.85. The highest BCUT2D eigenvalue weighted by atomic mass is 79.9. The minimum atomic E-state index is -0.277. The van der Waals surface area contributed by atoms with Gasteiger partial charge in [-0.25, -0.2) is 4.79 Å². The summed E-state index contributed by atoms with van der Waals surface area (Å²) in [7, 11) is 1.41. The first-order valence-electron chi connectivity index (χ1n) is 5.18. The molecule has 1 rings (SSSR count). The Labute approximate surface area is 105 Å². The van der Waals surface area contributed by atoms with Gasteiger partial charge >= 0.3 is 5.97 Å².